The summed E-state index contributed by atoms with van der Waals surface area (Å²) in [6.45, 7) is 0. The minimum atomic E-state index is -0.553. The number of esters is 1. The van der Waals surface area contributed by atoms with Gasteiger partial charge in [-0.1, -0.05) is 91.0 Å². The van der Waals surface area contributed by atoms with Gasteiger partial charge in [0, 0.05) is 23.2 Å². The molecule has 5 aromatic rings. The Hall–Kier alpha value is -4.31. The highest BCUT2D eigenvalue weighted by atomic mass is 16.5. The molecule has 4 nitrogen and oxygen atoms in total. The third-order valence-corrected chi connectivity index (χ3v) is 6.39. The molecule has 1 atom stereocenters. The molecule has 0 aliphatic heterocycles. The largest absolute Gasteiger partial charge is 0.496 e. The second-order valence-electron chi connectivity index (χ2n) is 8.48. The lowest BCUT2D eigenvalue weighted by Gasteiger charge is -2.23. The monoisotopic (exact) mass is 461 g/mol. The van der Waals surface area contributed by atoms with Gasteiger partial charge in [-0.25, -0.2) is 4.79 Å². The lowest BCUT2D eigenvalue weighted by molar-refractivity contribution is -0.141. The molecule has 0 heterocycles. The lowest BCUT2D eigenvalue weighted by Crippen LogP contribution is -2.33. The van der Waals surface area contributed by atoms with E-state index in [1.165, 1.54) is 7.11 Å². The number of hydrogen-bond acceptors (Lipinski definition) is 4. The van der Waals surface area contributed by atoms with Crippen molar-refractivity contribution in [2.45, 2.75) is 12.5 Å². The summed E-state index contributed by atoms with van der Waals surface area (Å²) in [6.07, 6.45) is 0.506. The van der Waals surface area contributed by atoms with Crippen LogP contribution in [0.15, 0.2) is 103 Å². The van der Waals surface area contributed by atoms with Crippen molar-refractivity contribution in [3.05, 3.63) is 109 Å². The van der Waals surface area contributed by atoms with Crippen LogP contribution in [0.2, 0.25) is 0 Å². The minimum Gasteiger partial charge on any atom is -0.496 e. The molecule has 0 saturated carbocycles. The Morgan fingerprint density at radius 2 is 1.31 bits per heavy atom. The smallest absolute Gasteiger partial charge is 0.328 e. The van der Waals surface area contributed by atoms with Crippen LogP contribution in [0.3, 0.4) is 0 Å². The Morgan fingerprint density at radius 1 is 0.714 bits per heavy atom. The Labute approximate surface area is 205 Å². The van der Waals surface area contributed by atoms with Crippen LogP contribution in [-0.4, -0.2) is 26.2 Å². The molecule has 0 aliphatic carbocycles. The van der Waals surface area contributed by atoms with Gasteiger partial charge in [0.15, 0.2) is 0 Å². The van der Waals surface area contributed by atoms with Gasteiger partial charge in [0.25, 0.3) is 0 Å². The Balaban J connectivity index is 1.73. The highest BCUT2D eigenvalue weighted by Gasteiger charge is 2.24. The van der Waals surface area contributed by atoms with Gasteiger partial charge < -0.3 is 14.8 Å². The van der Waals surface area contributed by atoms with Gasteiger partial charge in [-0.05, 0) is 39.2 Å². The number of rotatable bonds is 7. The van der Waals surface area contributed by atoms with Crippen molar-refractivity contribution in [3.8, 4) is 16.9 Å². The summed E-state index contributed by atoms with van der Waals surface area (Å²) in [5.74, 6) is 0.471. The molecule has 5 rings (SSSR count). The van der Waals surface area contributed by atoms with E-state index in [-0.39, 0.29) is 5.97 Å². The van der Waals surface area contributed by atoms with Crippen LogP contribution in [0.5, 0.6) is 5.75 Å². The number of nitrogens with one attached hydrogen (secondary N) is 1. The molecule has 0 aromatic heterocycles. The number of benzene rings is 5. The number of ether oxygens (including phenoxy) is 2. The molecule has 0 aliphatic rings. The summed E-state index contributed by atoms with van der Waals surface area (Å²) in [5.41, 5.74) is 3.90. The minimum absolute atomic E-state index is 0.308. The van der Waals surface area contributed by atoms with Gasteiger partial charge in [-0.2, -0.15) is 0 Å². The molecule has 4 heteroatoms. The number of fused-ring (bicyclic) bond motifs is 2. The van der Waals surface area contributed by atoms with Gasteiger partial charge in [0.2, 0.25) is 0 Å². The maximum absolute atomic E-state index is 12.9. The fraction of sp³-hybridized carbons (Fsp3) is 0.129. The van der Waals surface area contributed by atoms with E-state index in [4.69, 9.17) is 9.47 Å². The average Bonchev–Trinajstić information content (AvgIpc) is 2.92. The summed E-state index contributed by atoms with van der Waals surface area (Å²) in [5, 5.41) is 7.92. The second-order valence-corrected chi connectivity index (χ2v) is 8.48. The summed E-state index contributed by atoms with van der Waals surface area (Å²) >= 11 is 0. The molecule has 0 saturated heterocycles. The first-order valence-corrected chi connectivity index (χ1v) is 11.7. The van der Waals surface area contributed by atoms with Crippen molar-refractivity contribution < 1.29 is 14.3 Å². The summed E-state index contributed by atoms with van der Waals surface area (Å²) < 4.78 is 11.0. The molecule has 35 heavy (non-hydrogen) atoms. The van der Waals surface area contributed by atoms with Crippen molar-refractivity contribution >= 4 is 33.2 Å². The highest BCUT2D eigenvalue weighted by Crippen LogP contribution is 2.44. The van der Waals surface area contributed by atoms with E-state index in [0.717, 1.165) is 49.7 Å². The van der Waals surface area contributed by atoms with E-state index in [2.05, 4.69) is 41.7 Å². The number of carbonyl (C=O) groups is 1. The van der Waals surface area contributed by atoms with Crippen LogP contribution >= 0.6 is 0 Å². The van der Waals surface area contributed by atoms with Gasteiger partial charge in [-0.15, -0.1) is 0 Å². The number of methoxy groups -OCH3 is 2. The summed E-state index contributed by atoms with van der Waals surface area (Å²) in [4.78, 5) is 12.9. The Bertz CT molecular complexity index is 1490. The van der Waals surface area contributed by atoms with Crippen LogP contribution in [0.1, 0.15) is 5.56 Å². The standard InChI is InChI=1S/C31H27NO3/c1-34-28-19-17-23-13-7-9-15-25(23)30(28)29-24-14-8-6-12-22(24)16-18-26(29)32-27(31(33)35-2)20-21-10-4-3-5-11-21/h3-19,27,32H,20H2,1-2H3/t27-/m0/s1. The molecule has 1 N–H and O–H groups in total. The Morgan fingerprint density at radius 3 is 1.97 bits per heavy atom. The van der Waals surface area contributed by atoms with E-state index in [9.17, 15) is 4.79 Å². The number of anilines is 1. The predicted octanol–water partition coefficient (Wildman–Crippen LogP) is 6.86. The van der Waals surface area contributed by atoms with Crippen LogP contribution in [-0.2, 0) is 16.0 Å². The van der Waals surface area contributed by atoms with E-state index >= 15 is 0 Å². The van der Waals surface area contributed by atoms with Crippen molar-refractivity contribution in [1.29, 1.82) is 0 Å². The maximum Gasteiger partial charge on any atom is 0.328 e. The topological polar surface area (TPSA) is 47.6 Å². The van der Waals surface area contributed by atoms with E-state index in [1.807, 2.05) is 66.7 Å². The predicted molar refractivity (Wildman–Crippen MR) is 143 cm³/mol. The first-order valence-electron chi connectivity index (χ1n) is 11.7. The zero-order valence-electron chi connectivity index (χ0n) is 19.8. The van der Waals surface area contributed by atoms with Crippen molar-refractivity contribution in [2.24, 2.45) is 0 Å². The van der Waals surface area contributed by atoms with Crippen molar-refractivity contribution in [1.82, 2.24) is 0 Å². The van der Waals surface area contributed by atoms with Crippen molar-refractivity contribution in [3.63, 3.8) is 0 Å². The van der Waals surface area contributed by atoms with Crippen LogP contribution < -0.4 is 10.1 Å². The van der Waals surface area contributed by atoms with Gasteiger partial charge >= 0.3 is 5.97 Å². The molecule has 0 fully saturated rings. The third kappa shape index (κ3) is 4.43. The fourth-order valence-corrected chi connectivity index (χ4v) is 4.71. The van der Waals surface area contributed by atoms with Crippen molar-refractivity contribution in [2.75, 3.05) is 19.5 Å². The zero-order chi connectivity index (χ0) is 24.2. The zero-order valence-corrected chi connectivity index (χ0v) is 19.8. The van der Waals surface area contributed by atoms with Gasteiger partial charge in [0.05, 0.1) is 14.2 Å². The maximum atomic E-state index is 12.9. The molecule has 0 spiro atoms. The average molecular weight is 462 g/mol. The molecular weight excluding hydrogens is 434 g/mol. The number of carbonyl (C=O) groups excluding carboxylic acids is 1. The summed E-state index contributed by atoms with van der Waals surface area (Å²) in [6, 6.07) is 34.2. The first kappa shape index (κ1) is 22.5. The molecular formula is C31H27NO3. The van der Waals surface area contributed by atoms with Crippen LogP contribution in [0.25, 0.3) is 32.7 Å². The lowest BCUT2D eigenvalue weighted by atomic mass is 9.91. The fourth-order valence-electron chi connectivity index (χ4n) is 4.71. The molecule has 0 radical (unpaired) electrons. The van der Waals surface area contributed by atoms with Crippen LogP contribution in [0.4, 0.5) is 5.69 Å². The number of hydrogen-bond donors (Lipinski definition) is 1. The molecule has 5 aromatic carbocycles. The van der Waals surface area contributed by atoms with E-state index in [1.54, 1.807) is 7.11 Å². The second kappa shape index (κ2) is 9.90. The summed E-state index contributed by atoms with van der Waals surface area (Å²) in [7, 11) is 3.12. The molecule has 0 amide bonds. The first-order chi connectivity index (χ1) is 17.2. The highest BCUT2D eigenvalue weighted by molar-refractivity contribution is 6.12. The third-order valence-electron chi connectivity index (χ3n) is 6.39. The van der Waals surface area contributed by atoms with Gasteiger partial charge in [-0.3, -0.25) is 0 Å². The van der Waals surface area contributed by atoms with Gasteiger partial charge in [0.1, 0.15) is 11.8 Å². The normalized spacial score (nSPS) is 11.8. The quantitative estimate of drug-likeness (QED) is 0.269. The Kier molecular flexibility index (Phi) is 6.36. The van der Waals surface area contributed by atoms with Crippen LogP contribution in [0, 0.1) is 0 Å². The SMILES string of the molecule is COC(=O)[C@H](Cc1ccccc1)Nc1ccc2ccccc2c1-c1c(OC)ccc2ccccc12. The molecule has 174 valence electrons. The molecule has 0 unspecified atom stereocenters. The van der Waals surface area contributed by atoms with E-state index in [0.29, 0.717) is 6.42 Å². The van der Waals surface area contributed by atoms with E-state index < -0.39 is 6.04 Å². The molecule has 0 bridgehead atoms.